The van der Waals surface area contributed by atoms with Gasteiger partial charge in [0.1, 0.15) is 6.04 Å². The molecule has 21 heavy (non-hydrogen) atoms. The van der Waals surface area contributed by atoms with Crippen LogP contribution in [-0.4, -0.2) is 47.7 Å². The number of hydrogen-bond acceptors (Lipinski definition) is 5. The average molecular weight is 312 g/mol. The molecule has 2 amide bonds. The highest BCUT2D eigenvalue weighted by atomic mass is 32.1. The van der Waals surface area contributed by atoms with E-state index in [9.17, 15) is 19.5 Å². The summed E-state index contributed by atoms with van der Waals surface area (Å²) in [4.78, 5) is 37.0. The summed E-state index contributed by atoms with van der Waals surface area (Å²) in [7, 11) is 1.27. The Morgan fingerprint density at radius 2 is 2.29 bits per heavy atom. The fraction of sp³-hybridized carbons (Fsp3) is 0.462. The summed E-state index contributed by atoms with van der Waals surface area (Å²) in [5.74, 6) is -1.62. The van der Waals surface area contributed by atoms with Gasteiger partial charge in [-0.25, -0.2) is 14.4 Å². The summed E-state index contributed by atoms with van der Waals surface area (Å²) in [5, 5.41) is 13.4. The zero-order valence-corrected chi connectivity index (χ0v) is 12.3. The van der Waals surface area contributed by atoms with Gasteiger partial charge >= 0.3 is 18.0 Å². The van der Waals surface area contributed by atoms with E-state index in [2.05, 4.69) is 10.1 Å². The Morgan fingerprint density at radius 3 is 2.86 bits per heavy atom. The normalized spacial score (nSPS) is 19.1. The fourth-order valence-electron chi connectivity index (χ4n) is 2.31. The monoisotopic (exact) mass is 312 g/mol. The van der Waals surface area contributed by atoms with Crippen molar-refractivity contribution < 1.29 is 24.2 Å². The largest absolute Gasteiger partial charge is 0.479 e. The smallest absolute Gasteiger partial charge is 0.331 e. The SMILES string of the molecule is COC(=O)C1CCCN1C(=O)NC(C(=O)O)c1cccs1. The molecule has 114 valence electrons. The maximum atomic E-state index is 12.2. The molecule has 1 fully saturated rings. The van der Waals surface area contributed by atoms with E-state index in [1.807, 2.05) is 0 Å². The number of likely N-dealkylation sites (tertiary alicyclic amines) is 1. The third-order valence-corrected chi connectivity index (χ3v) is 4.27. The number of carbonyl (C=O) groups is 3. The standard InChI is InChI=1S/C13H16N2O5S/c1-20-12(18)8-4-2-6-15(8)13(19)14-10(11(16)17)9-5-3-7-21-9/h3,5,7-8,10H,2,4,6H2,1H3,(H,14,19)(H,16,17). The number of nitrogens with zero attached hydrogens (tertiary/aromatic N) is 1. The molecule has 1 aliphatic rings. The van der Waals surface area contributed by atoms with E-state index in [4.69, 9.17) is 0 Å². The molecule has 1 aromatic heterocycles. The summed E-state index contributed by atoms with van der Waals surface area (Å²) in [6.45, 7) is 0.405. The number of nitrogens with one attached hydrogen (secondary N) is 1. The molecule has 0 aliphatic carbocycles. The molecule has 0 radical (unpaired) electrons. The lowest BCUT2D eigenvalue weighted by atomic mass is 10.2. The molecule has 0 spiro atoms. The predicted molar refractivity (Wildman–Crippen MR) is 75.0 cm³/mol. The molecule has 1 aromatic rings. The summed E-state index contributed by atoms with van der Waals surface area (Å²) in [5.41, 5.74) is 0. The quantitative estimate of drug-likeness (QED) is 0.815. The van der Waals surface area contributed by atoms with Crippen LogP contribution in [0.1, 0.15) is 23.8 Å². The molecule has 2 heterocycles. The van der Waals surface area contributed by atoms with Gasteiger partial charge in [-0.15, -0.1) is 11.3 Å². The molecule has 7 nitrogen and oxygen atoms in total. The minimum absolute atomic E-state index is 0.405. The van der Waals surface area contributed by atoms with E-state index in [1.54, 1.807) is 17.5 Å². The van der Waals surface area contributed by atoms with Gasteiger partial charge in [0, 0.05) is 11.4 Å². The van der Waals surface area contributed by atoms with Gasteiger partial charge in [-0.3, -0.25) is 0 Å². The Balaban J connectivity index is 2.09. The number of ether oxygens (including phenoxy) is 1. The highest BCUT2D eigenvalue weighted by Gasteiger charge is 2.36. The van der Waals surface area contributed by atoms with Gasteiger partial charge < -0.3 is 20.1 Å². The van der Waals surface area contributed by atoms with Crippen molar-refractivity contribution in [2.24, 2.45) is 0 Å². The molecule has 0 saturated carbocycles. The average Bonchev–Trinajstić information content (AvgIpc) is 3.13. The number of hydrogen-bond donors (Lipinski definition) is 2. The number of aliphatic carboxylic acids is 1. The van der Waals surface area contributed by atoms with Crippen LogP contribution in [0.25, 0.3) is 0 Å². The van der Waals surface area contributed by atoms with Crippen LogP contribution in [0.5, 0.6) is 0 Å². The van der Waals surface area contributed by atoms with Crippen LogP contribution in [0, 0.1) is 0 Å². The van der Waals surface area contributed by atoms with Crippen molar-refractivity contribution in [3.05, 3.63) is 22.4 Å². The van der Waals surface area contributed by atoms with Crippen molar-refractivity contribution >= 4 is 29.3 Å². The minimum atomic E-state index is -1.14. The van der Waals surface area contributed by atoms with Crippen molar-refractivity contribution in [2.45, 2.75) is 24.9 Å². The third kappa shape index (κ3) is 3.33. The van der Waals surface area contributed by atoms with Crippen LogP contribution in [-0.2, 0) is 14.3 Å². The zero-order chi connectivity index (χ0) is 15.4. The van der Waals surface area contributed by atoms with Crippen LogP contribution in [0.4, 0.5) is 4.79 Å². The number of urea groups is 1. The molecule has 2 N–H and O–H groups in total. The second-order valence-electron chi connectivity index (χ2n) is 4.61. The first kappa shape index (κ1) is 15.3. The lowest BCUT2D eigenvalue weighted by molar-refractivity contribution is -0.144. The zero-order valence-electron chi connectivity index (χ0n) is 11.4. The molecule has 1 saturated heterocycles. The van der Waals surface area contributed by atoms with E-state index in [1.165, 1.54) is 23.3 Å². The van der Waals surface area contributed by atoms with Crippen molar-refractivity contribution in [1.29, 1.82) is 0 Å². The lowest BCUT2D eigenvalue weighted by Gasteiger charge is -2.24. The van der Waals surface area contributed by atoms with Gasteiger partial charge in [0.05, 0.1) is 7.11 Å². The summed E-state index contributed by atoms with van der Waals surface area (Å²) < 4.78 is 4.66. The van der Waals surface area contributed by atoms with Crippen LogP contribution in [0.15, 0.2) is 17.5 Å². The number of carboxylic acid groups (broad SMARTS) is 1. The molecule has 1 aliphatic heterocycles. The van der Waals surface area contributed by atoms with Crippen molar-refractivity contribution in [2.75, 3.05) is 13.7 Å². The Kier molecular flexibility index (Phi) is 4.79. The van der Waals surface area contributed by atoms with Crippen LogP contribution in [0.2, 0.25) is 0 Å². The van der Waals surface area contributed by atoms with Crippen LogP contribution in [0.3, 0.4) is 0 Å². The molecular formula is C13H16N2O5S. The van der Waals surface area contributed by atoms with Gasteiger partial charge in [0.15, 0.2) is 6.04 Å². The maximum absolute atomic E-state index is 12.2. The molecule has 2 unspecified atom stereocenters. The second-order valence-corrected chi connectivity index (χ2v) is 5.59. The van der Waals surface area contributed by atoms with Gasteiger partial charge in [-0.1, -0.05) is 6.07 Å². The van der Waals surface area contributed by atoms with Crippen molar-refractivity contribution in [1.82, 2.24) is 10.2 Å². The number of carbonyl (C=O) groups excluding carboxylic acids is 2. The molecule has 8 heteroatoms. The third-order valence-electron chi connectivity index (χ3n) is 3.33. The van der Waals surface area contributed by atoms with Crippen LogP contribution >= 0.6 is 11.3 Å². The Morgan fingerprint density at radius 1 is 1.52 bits per heavy atom. The first-order chi connectivity index (χ1) is 10.0. The molecular weight excluding hydrogens is 296 g/mol. The first-order valence-electron chi connectivity index (χ1n) is 6.45. The number of methoxy groups -OCH3 is 1. The topological polar surface area (TPSA) is 95.9 Å². The molecule has 0 aromatic carbocycles. The van der Waals surface area contributed by atoms with E-state index in [-0.39, 0.29) is 0 Å². The molecule has 2 rings (SSSR count). The number of thiophene rings is 1. The predicted octanol–water partition coefficient (Wildman–Crippen LogP) is 1.22. The van der Waals surface area contributed by atoms with Crippen molar-refractivity contribution in [3.8, 4) is 0 Å². The van der Waals surface area contributed by atoms with Gasteiger partial charge in [0.25, 0.3) is 0 Å². The number of esters is 1. The number of amides is 2. The Bertz CT molecular complexity index is 531. The fourth-order valence-corrected chi connectivity index (χ4v) is 3.07. The van der Waals surface area contributed by atoms with Gasteiger partial charge in [0.2, 0.25) is 0 Å². The van der Waals surface area contributed by atoms with E-state index < -0.39 is 30.1 Å². The second kappa shape index (κ2) is 6.57. The minimum Gasteiger partial charge on any atom is -0.479 e. The molecule has 0 bridgehead atoms. The first-order valence-corrected chi connectivity index (χ1v) is 7.33. The van der Waals surface area contributed by atoms with E-state index >= 15 is 0 Å². The number of rotatable bonds is 4. The van der Waals surface area contributed by atoms with E-state index in [0.717, 1.165) is 0 Å². The van der Waals surface area contributed by atoms with Gasteiger partial charge in [-0.05, 0) is 24.3 Å². The van der Waals surface area contributed by atoms with Crippen molar-refractivity contribution in [3.63, 3.8) is 0 Å². The summed E-state index contributed by atoms with van der Waals surface area (Å²) in [6.07, 6.45) is 1.21. The molecule has 2 atom stereocenters. The maximum Gasteiger partial charge on any atom is 0.331 e. The highest BCUT2D eigenvalue weighted by Crippen LogP contribution is 2.22. The summed E-state index contributed by atoms with van der Waals surface area (Å²) >= 11 is 1.25. The Hall–Kier alpha value is -2.09. The van der Waals surface area contributed by atoms with Gasteiger partial charge in [-0.2, -0.15) is 0 Å². The lowest BCUT2D eigenvalue weighted by Crippen LogP contribution is -2.48. The van der Waals surface area contributed by atoms with E-state index in [0.29, 0.717) is 24.3 Å². The Labute approximate surface area is 125 Å². The number of carboxylic acids is 1. The summed E-state index contributed by atoms with van der Waals surface area (Å²) in [6, 6.07) is 1.04. The highest BCUT2D eigenvalue weighted by molar-refractivity contribution is 7.10. The van der Waals surface area contributed by atoms with Crippen LogP contribution < -0.4 is 5.32 Å².